The summed E-state index contributed by atoms with van der Waals surface area (Å²) in [7, 11) is -0.636. The van der Waals surface area contributed by atoms with Crippen molar-refractivity contribution < 1.29 is 4.21 Å². The van der Waals surface area contributed by atoms with E-state index in [2.05, 4.69) is 33.0 Å². The van der Waals surface area contributed by atoms with Crippen molar-refractivity contribution in [2.45, 2.75) is 53.0 Å². The molecular weight excluding hydrogens is 206 g/mol. The second kappa shape index (κ2) is 9.34. The number of nitrogens with one attached hydrogen (secondary N) is 1. The first kappa shape index (κ1) is 15.1. The third-order valence-electron chi connectivity index (χ3n) is 2.89. The molecule has 0 aromatic heterocycles. The molecule has 1 N–H and O–H groups in total. The van der Waals surface area contributed by atoms with Gasteiger partial charge in [0.25, 0.3) is 0 Å². The van der Waals surface area contributed by atoms with Crippen molar-refractivity contribution in [1.82, 2.24) is 5.32 Å². The van der Waals surface area contributed by atoms with Crippen LogP contribution in [0.5, 0.6) is 0 Å². The Morgan fingerprint density at radius 3 is 2.40 bits per heavy atom. The second-order valence-electron chi connectivity index (χ2n) is 4.21. The minimum atomic E-state index is -0.636. The highest BCUT2D eigenvalue weighted by atomic mass is 32.2. The van der Waals surface area contributed by atoms with Gasteiger partial charge in [0.05, 0.1) is 0 Å². The molecule has 15 heavy (non-hydrogen) atoms. The first-order valence-electron chi connectivity index (χ1n) is 6.23. The van der Waals surface area contributed by atoms with Gasteiger partial charge in [0.15, 0.2) is 0 Å². The van der Waals surface area contributed by atoms with E-state index in [0.29, 0.717) is 12.0 Å². The molecule has 0 bridgehead atoms. The maximum atomic E-state index is 11.8. The van der Waals surface area contributed by atoms with E-state index in [1.54, 1.807) is 0 Å². The van der Waals surface area contributed by atoms with Crippen molar-refractivity contribution in [3.8, 4) is 0 Å². The van der Waals surface area contributed by atoms with E-state index in [1.165, 1.54) is 0 Å². The summed E-state index contributed by atoms with van der Waals surface area (Å²) in [5.41, 5.74) is 0. The zero-order valence-corrected chi connectivity index (χ0v) is 11.5. The second-order valence-corrected chi connectivity index (χ2v) is 5.84. The van der Waals surface area contributed by atoms with Gasteiger partial charge in [-0.15, -0.1) is 0 Å². The lowest BCUT2D eigenvalue weighted by molar-refractivity contribution is 0.401. The molecule has 0 aliphatic carbocycles. The van der Waals surface area contributed by atoms with Crippen molar-refractivity contribution in [2.24, 2.45) is 5.92 Å². The number of unbranched alkanes of at least 4 members (excludes halogenated alkanes) is 1. The van der Waals surface area contributed by atoms with Gasteiger partial charge in [0, 0.05) is 28.3 Å². The average molecular weight is 233 g/mol. The molecule has 0 aromatic rings. The highest BCUT2D eigenvalue weighted by molar-refractivity contribution is 7.85. The van der Waals surface area contributed by atoms with Gasteiger partial charge < -0.3 is 5.32 Å². The predicted molar refractivity (Wildman–Crippen MR) is 69.7 cm³/mol. The van der Waals surface area contributed by atoms with E-state index in [-0.39, 0.29) is 0 Å². The molecule has 0 spiro atoms. The molecule has 92 valence electrons. The van der Waals surface area contributed by atoms with Crippen LogP contribution in [0.4, 0.5) is 0 Å². The SMILES string of the molecule is CCCCS(=O)CC(NCC)C(C)CC. The first-order chi connectivity index (χ1) is 7.15. The maximum Gasteiger partial charge on any atom is 0.0391 e. The van der Waals surface area contributed by atoms with Crippen LogP contribution in [0.2, 0.25) is 0 Å². The molecular formula is C12H27NOS. The smallest absolute Gasteiger partial charge is 0.0391 e. The maximum absolute atomic E-state index is 11.8. The van der Waals surface area contributed by atoms with E-state index in [1.807, 2.05) is 0 Å². The van der Waals surface area contributed by atoms with Crippen LogP contribution in [-0.2, 0) is 10.8 Å². The fraction of sp³-hybridized carbons (Fsp3) is 1.00. The zero-order chi connectivity index (χ0) is 11.7. The monoisotopic (exact) mass is 233 g/mol. The minimum absolute atomic E-state index is 0.428. The molecule has 0 aliphatic rings. The lowest BCUT2D eigenvalue weighted by atomic mass is 10.0. The van der Waals surface area contributed by atoms with Crippen LogP contribution in [0.1, 0.15) is 47.0 Å². The summed E-state index contributed by atoms with van der Waals surface area (Å²) in [6.45, 7) is 9.67. The van der Waals surface area contributed by atoms with E-state index in [9.17, 15) is 4.21 Å². The van der Waals surface area contributed by atoms with Crippen molar-refractivity contribution >= 4 is 10.8 Å². The fourth-order valence-electron chi connectivity index (χ4n) is 1.56. The number of hydrogen-bond acceptors (Lipinski definition) is 2. The largest absolute Gasteiger partial charge is 0.313 e. The lowest BCUT2D eigenvalue weighted by Crippen LogP contribution is -2.39. The van der Waals surface area contributed by atoms with Gasteiger partial charge in [-0.2, -0.15) is 0 Å². The van der Waals surface area contributed by atoms with Crippen molar-refractivity contribution in [1.29, 1.82) is 0 Å². The summed E-state index contributed by atoms with van der Waals surface area (Å²) >= 11 is 0. The molecule has 0 fully saturated rings. The van der Waals surface area contributed by atoms with Crippen LogP contribution in [0.3, 0.4) is 0 Å². The van der Waals surface area contributed by atoms with E-state index < -0.39 is 10.8 Å². The van der Waals surface area contributed by atoms with Crippen molar-refractivity contribution in [3.05, 3.63) is 0 Å². The molecule has 2 nitrogen and oxygen atoms in total. The van der Waals surface area contributed by atoms with Crippen LogP contribution in [0, 0.1) is 5.92 Å². The van der Waals surface area contributed by atoms with Gasteiger partial charge in [-0.25, -0.2) is 0 Å². The third kappa shape index (κ3) is 7.07. The fourth-order valence-corrected chi connectivity index (χ4v) is 3.18. The lowest BCUT2D eigenvalue weighted by Gasteiger charge is -2.23. The minimum Gasteiger partial charge on any atom is -0.313 e. The summed E-state index contributed by atoms with van der Waals surface area (Å²) in [4.78, 5) is 0. The normalized spacial score (nSPS) is 17.3. The third-order valence-corrected chi connectivity index (χ3v) is 4.36. The summed E-state index contributed by atoms with van der Waals surface area (Å²) in [6.07, 6.45) is 3.38. The molecule has 3 unspecified atom stereocenters. The Morgan fingerprint density at radius 1 is 1.27 bits per heavy atom. The summed E-state index contributed by atoms with van der Waals surface area (Å²) in [5.74, 6) is 2.31. The Bertz CT molecular complexity index is 173. The van der Waals surface area contributed by atoms with Gasteiger partial charge in [0.2, 0.25) is 0 Å². The Morgan fingerprint density at radius 2 is 1.93 bits per heavy atom. The summed E-state index contributed by atoms with van der Waals surface area (Å²) < 4.78 is 11.8. The van der Waals surface area contributed by atoms with Gasteiger partial charge in [-0.1, -0.05) is 40.5 Å². The van der Waals surface area contributed by atoms with Crippen LogP contribution in [0.25, 0.3) is 0 Å². The van der Waals surface area contributed by atoms with Gasteiger partial charge in [-0.3, -0.25) is 4.21 Å². The van der Waals surface area contributed by atoms with Crippen LogP contribution in [-0.4, -0.2) is 28.3 Å². The van der Waals surface area contributed by atoms with Crippen molar-refractivity contribution in [3.63, 3.8) is 0 Å². The standard InChI is InChI=1S/C12H27NOS/c1-5-8-9-15(14)10-12(13-7-3)11(4)6-2/h11-13H,5-10H2,1-4H3. The highest BCUT2D eigenvalue weighted by Gasteiger charge is 2.17. The predicted octanol–water partition coefficient (Wildman–Crippen LogP) is 2.56. The molecule has 0 aromatic carbocycles. The Labute approximate surface area is 97.7 Å². The van der Waals surface area contributed by atoms with Gasteiger partial charge >= 0.3 is 0 Å². The van der Waals surface area contributed by atoms with Crippen LogP contribution < -0.4 is 5.32 Å². The van der Waals surface area contributed by atoms with Gasteiger partial charge in [0.1, 0.15) is 0 Å². The Kier molecular flexibility index (Phi) is 9.41. The van der Waals surface area contributed by atoms with Crippen molar-refractivity contribution in [2.75, 3.05) is 18.1 Å². The molecule has 0 heterocycles. The van der Waals surface area contributed by atoms with E-state index in [0.717, 1.165) is 37.3 Å². The molecule has 0 saturated carbocycles. The van der Waals surface area contributed by atoms with Crippen LogP contribution >= 0.6 is 0 Å². The van der Waals surface area contributed by atoms with Crippen LogP contribution in [0.15, 0.2) is 0 Å². The molecule has 3 atom stereocenters. The summed E-state index contributed by atoms with van der Waals surface area (Å²) in [5, 5.41) is 3.45. The molecule has 0 saturated heterocycles. The molecule has 0 aliphatic heterocycles. The molecule has 0 amide bonds. The van der Waals surface area contributed by atoms with E-state index in [4.69, 9.17) is 0 Å². The number of rotatable bonds is 9. The highest BCUT2D eigenvalue weighted by Crippen LogP contribution is 2.09. The zero-order valence-electron chi connectivity index (χ0n) is 10.7. The van der Waals surface area contributed by atoms with E-state index >= 15 is 0 Å². The summed E-state index contributed by atoms with van der Waals surface area (Å²) in [6, 6.07) is 0.428. The molecule has 3 heteroatoms. The average Bonchev–Trinajstić information content (AvgIpc) is 2.24. The first-order valence-corrected chi connectivity index (χ1v) is 7.72. The Balaban J connectivity index is 3.97. The molecule has 0 radical (unpaired) electrons. The number of hydrogen-bond donors (Lipinski definition) is 1. The molecule has 0 rings (SSSR count). The Hall–Kier alpha value is 0.110. The topological polar surface area (TPSA) is 29.1 Å². The van der Waals surface area contributed by atoms with Gasteiger partial charge in [-0.05, 0) is 18.9 Å². The quantitative estimate of drug-likeness (QED) is 0.663.